The molecule has 0 fully saturated rings. The minimum absolute atomic E-state index is 0.135. The Balaban J connectivity index is 2.59. The molecule has 0 saturated heterocycles. The normalized spacial score (nSPS) is 14.3. The van der Waals surface area contributed by atoms with E-state index in [-0.39, 0.29) is 6.04 Å². The lowest BCUT2D eigenvalue weighted by Gasteiger charge is -2.13. The smallest absolute Gasteiger partial charge is 0.131 e. The van der Waals surface area contributed by atoms with Crippen molar-refractivity contribution in [2.75, 3.05) is 29.7 Å². The van der Waals surface area contributed by atoms with Crippen molar-refractivity contribution in [2.45, 2.75) is 13.0 Å². The Hall–Kier alpha value is -1.17. The van der Waals surface area contributed by atoms with Gasteiger partial charge in [0, 0.05) is 42.0 Å². The molecule has 0 saturated carbocycles. The van der Waals surface area contributed by atoms with Gasteiger partial charge in [-0.2, -0.15) is 0 Å². The van der Waals surface area contributed by atoms with Crippen LogP contribution in [-0.2, 0) is 10.8 Å². The van der Waals surface area contributed by atoms with E-state index in [1.807, 2.05) is 13.0 Å². The predicted octanol–water partition coefficient (Wildman–Crippen LogP) is 0.697. The number of nitrogens with zero attached hydrogens (tertiary/aromatic N) is 2. The Morgan fingerprint density at radius 3 is 2.73 bits per heavy atom. The molecule has 1 aromatic heterocycles. The zero-order valence-corrected chi connectivity index (χ0v) is 9.97. The van der Waals surface area contributed by atoms with Crippen molar-refractivity contribution in [3.05, 3.63) is 12.4 Å². The number of hydrogen-bond acceptors (Lipinski definition) is 5. The monoisotopic (exact) mass is 228 g/mol. The van der Waals surface area contributed by atoms with E-state index >= 15 is 0 Å². The van der Waals surface area contributed by atoms with Crippen molar-refractivity contribution in [3.63, 3.8) is 0 Å². The van der Waals surface area contributed by atoms with Crippen LogP contribution in [0.3, 0.4) is 0 Å². The average molecular weight is 228 g/mol. The number of hydrogen-bond donors (Lipinski definition) is 2. The van der Waals surface area contributed by atoms with Crippen LogP contribution in [0, 0.1) is 0 Å². The van der Waals surface area contributed by atoms with E-state index in [0.29, 0.717) is 5.75 Å². The molecule has 0 spiro atoms. The van der Waals surface area contributed by atoms with E-state index in [1.165, 1.54) is 6.33 Å². The van der Waals surface area contributed by atoms with Crippen molar-refractivity contribution in [2.24, 2.45) is 0 Å². The molecule has 0 amide bonds. The molecule has 0 bridgehead atoms. The number of rotatable bonds is 5. The fraction of sp³-hybridized carbons (Fsp3) is 0.556. The third-order valence-corrected chi connectivity index (χ3v) is 2.77. The van der Waals surface area contributed by atoms with Gasteiger partial charge in [-0.3, -0.25) is 4.21 Å². The average Bonchev–Trinajstić information content (AvgIpc) is 2.16. The molecule has 0 aliphatic carbocycles. The second kappa shape index (κ2) is 5.65. The largest absolute Gasteiger partial charge is 0.373 e. The molecule has 1 aromatic rings. The SMILES string of the molecule is CNc1cc(NC(C)CS(C)=O)ncn1. The fourth-order valence-electron chi connectivity index (χ4n) is 1.22. The molecular weight excluding hydrogens is 212 g/mol. The molecule has 15 heavy (non-hydrogen) atoms. The number of anilines is 2. The zero-order valence-electron chi connectivity index (χ0n) is 9.15. The van der Waals surface area contributed by atoms with Gasteiger partial charge in [0.05, 0.1) is 0 Å². The fourth-order valence-corrected chi connectivity index (χ4v) is 2.01. The molecule has 5 nitrogen and oxygen atoms in total. The molecule has 0 aliphatic heterocycles. The van der Waals surface area contributed by atoms with Crippen LogP contribution >= 0.6 is 0 Å². The van der Waals surface area contributed by atoms with Crippen LogP contribution in [-0.4, -0.2) is 39.3 Å². The van der Waals surface area contributed by atoms with Gasteiger partial charge >= 0.3 is 0 Å². The summed E-state index contributed by atoms with van der Waals surface area (Å²) in [7, 11) is 1.00. The van der Waals surface area contributed by atoms with E-state index in [4.69, 9.17) is 0 Å². The van der Waals surface area contributed by atoms with Crippen LogP contribution in [0.1, 0.15) is 6.92 Å². The maximum Gasteiger partial charge on any atom is 0.131 e. The summed E-state index contributed by atoms with van der Waals surface area (Å²) >= 11 is 0. The van der Waals surface area contributed by atoms with Crippen LogP contribution in [0.15, 0.2) is 12.4 Å². The Labute approximate surface area is 92.2 Å². The van der Waals surface area contributed by atoms with E-state index in [0.717, 1.165) is 11.6 Å². The maximum absolute atomic E-state index is 11.0. The summed E-state index contributed by atoms with van der Waals surface area (Å²) in [6.07, 6.45) is 3.18. The van der Waals surface area contributed by atoms with Crippen LogP contribution in [0.2, 0.25) is 0 Å². The van der Waals surface area contributed by atoms with Crippen molar-refractivity contribution in [3.8, 4) is 0 Å². The molecule has 0 aromatic carbocycles. The highest BCUT2D eigenvalue weighted by atomic mass is 32.2. The summed E-state index contributed by atoms with van der Waals surface area (Å²) in [5.74, 6) is 2.11. The molecule has 2 unspecified atom stereocenters. The van der Waals surface area contributed by atoms with E-state index in [1.54, 1.807) is 13.3 Å². The highest BCUT2D eigenvalue weighted by Gasteiger charge is 2.05. The summed E-state index contributed by atoms with van der Waals surface area (Å²) in [5, 5.41) is 6.09. The second-order valence-electron chi connectivity index (χ2n) is 3.32. The number of aromatic nitrogens is 2. The summed E-state index contributed by atoms with van der Waals surface area (Å²) in [4.78, 5) is 8.08. The Morgan fingerprint density at radius 2 is 2.13 bits per heavy atom. The van der Waals surface area contributed by atoms with E-state index < -0.39 is 10.8 Å². The van der Waals surface area contributed by atoms with Gasteiger partial charge in [0.25, 0.3) is 0 Å². The Morgan fingerprint density at radius 1 is 1.47 bits per heavy atom. The van der Waals surface area contributed by atoms with Crippen LogP contribution in [0.5, 0.6) is 0 Å². The van der Waals surface area contributed by atoms with E-state index in [9.17, 15) is 4.21 Å². The van der Waals surface area contributed by atoms with Gasteiger partial charge in [-0.15, -0.1) is 0 Å². The highest BCUT2D eigenvalue weighted by molar-refractivity contribution is 7.84. The summed E-state index contributed by atoms with van der Waals surface area (Å²) in [6.45, 7) is 1.97. The molecule has 1 rings (SSSR count). The topological polar surface area (TPSA) is 66.9 Å². The third-order valence-electron chi connectivity index (χ3n) is 1.80. The number of nitrogens with one attached hydrogen (secondary N) is 2. The van der Waals surface area contributed by atoms with Crippen LogP contribution < -0.4 is 10.6 Å². The molecule has 84 valence electrons. The van der Waals surface area contributed by atoms with Gasteiger partial charge in [0.2, 0.25) is 0 Å². The van der Waals surface area contributed by atoms with Gasteiger partial charge in [0.1, 0.15) is 18.0 Å². The molecule has 1 heterocycles. The molecule has 6 heteroatoms. The minimum Gasteiger partial charge on any atom is -0.373 e. The van der Waals surface area contributed by atoms with E-state index in [2.05, 4.69) is 20.6 Å². The molecule has 0 radical (unpaired) electrons. The second-order valence-corrected chi connectivity index (χ2v) is 4.80. The summed E-state index contributed by atoms with van der Waals surface area (Å²) < 4.78 is 11.0. The highest BCUT2D eigenvalue weighted by Crippen LogP contribution is 2.08. The molecular formula is C9H16N4OS. The Bertz CT molecular complexity index is 345. The first kappa shape index (κ1) is 11.9. The van der Waals surface area contributed by atoms with Crippen molar-refractivity contribution < 1.29 is 4.21 Å². The lowest BCUT2D eigenvalue weighted by Crippen LogP contribution is -2.22. The van der Waals surface area contributed by atoms with Gasteiger partial charge in [-0.05, 0) is 6.92 Å². The Kier molecular flexibility index (Phi) is 4.48. The molecule has 0 aliphatic rings. The van der Waals surface area contributed by atoms with Gasteiger partial charge in [-0.25, -0.2) is 9.97 Å². The lowest BCUT2D eigenvalue weighted by atomic mass is 10.4. The first-order valence-corrected chi connectivity index (χ1v) is 6.41. The quantitative estimate of drug-likeness (QED) is 0.776. The minimum atomic E-state index is -0.798. The third kappa shape index (κ3) is 4.24. The maximum atomic E-state index is 11.0. The predicted molar refractivity (Wildman–Crippen MR) is 63.6 cm³/mol. The van der Waals surface area contributed by atoms with Crippen molar-refractivity contribution in [1.29, 1.82) is 0 Å². The van der Waals surface area contributed by atoms with Crippen LogP contribution in [0.25, 0.3) is 0 Å². The van der Waals surface area contributed by atoms with Gasteiger partial charge in [-0.1, -0.05) is 0 Å². The first-order valence-electron chi connectivity index (χ1n) is 4.68. The van der Waals surface area contributed by atoms with Crippen LogP contribution in [0.4, 0.5) is 11.6 Å². The summed E-state index contributed by atoms with van der Waals surface area (Å²) in [6, 6.07) is 1.95. The summed E-state index contributed by atoms with van der Waals surface area (Å²) in [5.41, 5.74) is 0. The van der Waals surface area contributed by atoms with Crippen molar-refractivity contribution >= 4 is 22.4 Å². The standard InChI is InChI=1S/C9H16N4OS/c1-7(5-15(3)14)13-9-4-8(10-2)11-6-12-9/h4,6-7H,5H2,1-3H3,(H2,10,11,12,13). The molecule has 2 N–H and O–H groups in total. The van der Waals surface area contributed by atoms with Gasteiger partial charge in [0.15, 0.2) is 0 Å². The lowest BCUT2D eigenvalue weighted by molar-refractivity contribution is 0.683. The van der Waals surface area contributed by atoms with Crippen molar-refractivity contribution in [1.82, 2.24) is 9.97 Å². The molecule has 2 atom stereocenters. The van der Waals surface area contributed by atoms with Gasteiger partial charge < -0.3 is 10.6 Å². The zero-order chi connectivity index (χ0) is 11.3. The first-order chi connectivity index (χ1) is 7.11.